The molecule has 35 heavy (non-hydrogen) atoms. The molecule has 0 radical (unpaired) electrons. The second-order valence-electron chi connectivity index (χ2n) is 9.41. The van der Waals surface area contributed by atoms with Gasteiger partial charge in [-0.3, -0.25) is 9.59 Å². The standard InChI is InChI=1S/C26H34FN3O5/c1-16(2)24-22(13-12-20(31)14-21(32)15-23(33)34)30(19-10-8-17(27)9-11-19)29-25(24)26(35)28-18-6-4-3-5-7-18/h8-13,16,18,20-21,31-32H,3-7,14-15H2,1-2H3,(H,28,35)(H,33,34). The van der Waals surface area contributed by atoms with Crippen molar-refractivity contribution >= 4 is 18.0 Å². The lowest BCUT2D eigenvalue weighted by Gasteiger charge is -2.22. The Kier molecular flexibility index (Phi) is 9.17. The summed E-state index contributed by atoms with van der Waals surface area (Å²) in [5.41, 5.74) is 2.05. The highest BCUT2D eigenvalue weighted by atomic mass is 19.1. The van der Waals surface area contributed by atoms with Crippen LogP contribution in [-0.2, 0) is 4.79 Å². The molecule has 9 heteroatoms. The summed E-state index contributed by atoms with van der Waals surface area (Å²) in [5.74, 6) is -1.92. The van der Waals surface area contributed by atoms with Crippen molar-refractivity contribution in [2.24, 2.45) is 0 Å². The molecule has 0 bridgehead atoms. The van der Waals surface area contributed by atoms with Gasteiger partial charge in [0.2, 0.25) is 0 Å². The third-order valence-corrected chi connectivity index (χ3v) is 6.16. The third kappa shape index (κ3) is 7.22. The average Bonchev–Trinajstić information content (AvgIpc) is 3.18. The van der Waals surface area contributed by atoms with Crippen LogP contribution >= 0.6 is 0 Å². The van der Waals surface area contributed by atoms with Crippen molar-refractivity contribution in [1.82, 2.24) is 15.1 Å². The molecule has 0 spiro atoms. The molecule has 1 aromatic heterocycles. The molecular formula is C26H34FN3O5. The van der Waals surface area contributed by atoms with Crippen LogP contribution in [0.15, 0.2) is 30.3 Å². The second kappa shape index (κ2) is 12.1. The highest BCUT2D eigenvalue weighted by Gasteiger charge is 2.27. The summed E-state index contributed by atoms with van der Waals surface area (Å²) in [7, 11) is 0. The first-order chi connectivity index (χ1) is 16.7. The number of carboxylic acid groups (broad SMARTS) is 1. The van der Waals surface area contributed by atoms with Crippen LogP contribution in [0.5, 0.6) is 0 Å². The van der Waals surface area contributed by atoms with Gasteiger partial charge in [0.05, 0.1) is 30.0 Å². The normalized spacial score (nSPS) is 16.5. The number of carboxylic acids is 1. The number of hydrogen-bond donors (Lipinski definition) is 4. The van der Waals surface area contributed by atoms with E-state index in [-0.39, 0.29) is 30.0 Å². The van der Waals surface area contributed by atoms with Crippen molar-refractivity contribution in [2.45, 2.75) is 83.0 Å². The van der Waals surface area contributed by atoms with Crippen LogP contribution in [0.25, 0.3) is 11.8 Å². The summed E-state index contributed by atoms with van der Waals surface area (Å²) >= 11 is 0. The summed E-state index contributed by atoms with van der Waals surface area (Å²) in [5, 5.41) is 36.7. The molecule has 8 nitrogen and oxygen atoms in total. The van der Waals surface area contributed by atoms with Gasteiger partial charge < -0.3 is 20.6 Å². The fourth-order valence-electron chi connectivity index (χ4n) is 4.46. The topological polar surface area (TPSA) is 125 Å². The van der Waals surface area contributed by atoms with Gasteiger partial charge in [0, 0.05) is 18.0 Å². The van der Waals surface area contributed by atoms with E-state index in [1.807, 2.05) is 13.8 Å². The monoisotopic (exact) mass is 487 g/mol. The van der Waals surface area contributed by atoms with E-state index >= 15 is 0 Å². The third-order valence-electron chi connectivity index (χ3n) is 6.16. The van der Waals surface area contributed by atoms with Crippen molar-refractivity contribution < 1.29 is 29.3 Å². The fourth-order valence-corrected chi connectivity index (χ4v) is 4.46. The molecule has 1 heterocycles. The summed E-state index contributed by atoms with van der Waals surface area (Å²) < 4.78 is 15.1. The van der Waals surface area contributed by atoms with Crippen molar-refractivity contribution in [3.63, 3.8) is 0 Å². The largest absolute Gasteiger partial charge is 0.481 e. The molecule has 0 aliphatic heterocycles. The number of aliphatic carboxylic acids is 1. The van der Waals surface area contributed by atoms with Crippen LogP contribution in [-0.4, -0.2) is 55.2 Å². The van der Waals surface area contributed by atoms with E-state index in [9.17, 15) is 24.2 Å². The number of aliphatic hydroxyl groups is 2. The minimum atomic E-state index is -1.20. The number of hydrogen-bond acceptors (Lipinski definition) is 5. The van der Waals surface area contributed by atoms with Crippen LogP contribution < -0.4 is 5.32 Å². The van der Waals surface area contributed by atoms with Gasteiger partial charge in [-0.1, -0.05) is 39.2 Å². The number of aromatic nitrogens is 2. The Morgan fingerprint density at radius 2 is 1.83 bits per heavy atom. The SMILES string of the molecule is CC(C)c1c(C(=O)NC2CCCCC2)nn(-c2ccc(F)cc2)c1C=CC(O)CC(O)CC(=O)O. The Morgan fingerprint density at radius 3 is 2.43 bits per heavy atom. The van der Waals surface area contributed by atoms with Crippen molar-refractivity contribution in [1.29, 1.82) is 0 Å². The molecule has 2 aromatic rings. The van der Waals surface area contributed by atoms with Gasteiger partial charge in [0.15, 0.2) is 5.69 Å². The van der Waals surface area contributed by atoms with Crippen molar-refractivity contribution in [2.75, 3.05) is 0 Å². The molecule has 1 aliphatic carbocycles. The minimum absolute atomic E-state index is 0.0919. The summed E-state index contributed by atoms with van der Waals surface area (Å²) in [6, 6.07) is 5.82. The van der Waals surface area contributed by atoms with Crippen LogP contribution in [0.1, 0.15) is 86.5 Å². The first-order valence-corrected chi connectivity index (χ1v) is 12.1. The molecule has 2 unspecified atom stereocenters. The predicted octanol–water partition coefficient (Wildman–Crippen LogP) is 3.80. The van der Waals surface area contributed by atoms with E-state index in [0.29, 0.717) is 16.9 Å². The molecule has 1 fully saturated rings. The Labute approximate surface area is 204 Å². The number of carbonyl (C=O) groups excluding carboxylic acids is 1. The smallest absolute Gasteiger partial charge is 0.305 e. The zero-order chi connectivity index (χ0) is 25.5. The molecule has 1 saturated carbocycles. The summed E-state index contributed by atoms with van der Waals surface area (Å²) in [6.45, 7) is 3.88. The van der Waals surface area contributed by atoms with Gasteiger partial charge in [0.25, 0.3) is 5.91 Å². The van der Waals surface area contributed by atoms with Crippen molar-refractivity contribution in [3.05, 3.63) is 53.1 Å². The van der Waals surface area contributed by atoms with Gasteiger partial charge in [-0.25, -0.2) is 9.07 Å². The number of nitrogens with one attached hydrogen (secondary N) is 1. The van der Waals surface area contributed by atoms with E-state index < -0.39 is 30.4 Å². The highest BCUT2D eigenvalue weighted by Crippen LogP contribution is 2.29. The van der Waals surface area contributed by atoms with Gasteiger partial charge in [-0.15, -0.1) is 0 Å². The second-order valence-corrected chi connectivity index (χ2v) is 9.41. The van der Waals surface area contributed by atoms with Gasteiger partial charge in [-0.05, 0) is 49.1 Å². The van der Waals surface area contributed by atoms with E-state index in [1.165, 1.54) is 24.6 Å². The van der Waals surface area contributed by atoms with Crippen LogP contribution in [0, 0.1) is 5.82 Å². The molecule has 3 rings (SSSR count). The Bertz CT molecular complexity index is 1040. The Morgan fingerprint density at radius 1 is 1.17 bits per heavy atom. The highest BCUT2D eigenvalue weighted by molar-refractivity contribution is 5.95. The molecule has 0 saturated heterocycles. The van der Waals surface area contributed by atoms with Crippen LogP contribution in [0.4, 0.5) is 4.39 Å². The number of amides is 1. The molecule has 1 aliphatic rings. The zero-order valence-corrected chi connectivity index (χ0v) is 20.2. The molecule has 2 atom stereocenters. The summed E-state index contributed by atoms with van der Waals surface area (Å²) in [4.78, 5) is 24.1. The number of carbonyl (C=O) groups is 2. The molecular weight excluding hydrogens is 453 g/mol. The molecule has 4 N–H and O–H groups in total. The average molecular weight is 488 g/mol. The maximum Gasteiger partial charge on any atom is 0.305 e. The van der Waals surface area contributed by atoms with Crippen molar-refractivity contribution in [3.8, 4) is 5.69 Å². The quantitative estimate of drug-likeness (QED) is 0.404. The molecule has 1 amide bonds. The lowest BCUT2D eigenvalue weighted by molar-refractivity contribution is -0.139. The number of nitrogens with zero attached hydrogens (tertiary/aromatic N) is 2. The molecule has 1 aromatic carbocycles. The maximum atomic E-state index is 13.6. The van der Waals surface area contributed by atoms with Gasteiger partial charge in [-0.2, -0.15) is 5.10 Å². The number of aliphatic hydroxyl groups excluding tert-OH is 2. The predicted molar refractivity (Wildman–Crippen MR) is 130 cm³/mol. The Balaban J connectivity index is 1.97. The van der Waals surface area contributed by atoms with Gasteiger partial charge in [0.1, 0.15) is 5.82 Å². The number of benzene rings is 1. The van der Waals surface area contributed by atoms with E-state index in [4.69, 9.17) is 5.11 Å². The first kappa shape index (κ1) is 26.6. The van der Waals surface area contributed by atoms with Crippen LogP contribution in [0.3, 0.4) is 0 Å². The van der Waals surface area contributed by atoms with E-state index in [2.05, 4.69) is 10.4 Å². The molecule has 190 valence electrons. The maximum absolute atomic E-state index is 13.6. The van der Waals surface area contributed by atoms with Crippen LogP contribution in [0.2, 0.25) is 0 Å². The minimum Gasteiger partial charge on any atom is -0.481 e. The zero-order valence-electron chi connectivity index (χ0n) is 20.2. The lowest BCUT2D eigenvalue weighted by atomic mass is 9.94. The first-order valence-electron chi connectivity index (χ1n) is 12.1. The lowest BCUT2D eigenvalue weighted by Crippen LogP contribution is -2.36. The fraction of sp³-hybridized carbons (Fsp3) is 0.500. The van der Waals surface area contributed by atoms with E-state index in [0.717, 1.165) is 25.7 Å². The number of halogens is 1. The number of rotatable bonds is 10. The van der Waals surface area contributed by atoms with E-state index in [1.54, 1.807) is 22.9 Å². The Hall–Kier alpha value is -3.04. The van der Waals surface area contributed by atoms with Gasteiger partial charge >= 0.3 is 5.97 Å². The summed E-state index contributed by atoms with van der Waals surface area (Å²) in [6.07, 6.45) is 5.30.